The zero-order valence-corrected chi connectivity index (χ0v) is 17.1. The molecule has 0 aromatic carbocycles. The van der Waals surface area contributed by atoms with Gasteiger partial charge in [-0.1, -0.05) is 0 Å². The maximum Gasteiger partial charge on any atom is 0.0594 e. The summed E-state index contributed by atoms with van der Waals surface area (Å²) in [6, 6.07) is 0.748. The van der Waals surface area contributed by atoms with Crippen molar-refractivity contribution in [1.82, 2.24) is 19.6 Å². The van der Waals surface area contributed by atoms with Crippen molar-refractivity contribution < 1.29 is 9.47 Å². The first kappa shape index (κ1) is 19.4. The Morgan fingerprint density at radius 2 is 2.11 bits per heavy atom. The number of hydrogen-bond acceptors (Lipinski definition) is 5. The second kappa shape index (κ2) is 8.60. The third kappa shape index (κ3) is 4.24. The molecule has 1 aromatic rings. The molecule has 1 aromatic heterocycles. The first-order chi connectivity index (χ1) is 13.2. The number of ether oxygens (including phenoxy) is 2. The molecule has 27 heavy (non-hydrogen) atoms. The van der Waals surface area contributed by atoms with E-state index in [9.17, 15) is 0 Å². The molecule has 0 radical (unpaired) electrons. The monoisotopic (exact) mass is 376 g/mol. The average molecular weight is 377 g/mol. The van der Waals surface area contributed by atoms with Crippen LogP contribution in [0.4, 0.5) is 0 Å². The predicted molar refractivity (Wildman–Crippen MR) is 106 cm³/mol. The first-order valence-electron chi connectivity index (χ1n) is 10.8. The van der Waals surface area contributed by atoms with E-state index in [1.165, 1.54) is 44.3 Å². The molecule has 6 heteroatoms. The number of likely N-dealkylation sites (tertiary alicyclic amines) is 1. The topological polar surface area (TPSA) is 42.8 Å². The van der Waals surface area contributed by atoms with E-state index < -0.39 is 0 Å². The number of nitrogens with zero attached hydrogens (tertiary/aromatic N) is 4. The van der Waals surface area contributed by atoms with Crippen molar-refractivity contribution in [2.45, 2.75) is 51.7 Å². The van der Waals surface area contributed by atoms with Crippen LogP contribution in [0.15, 0.2) is 12.4 Å². The van der Waals surface area contributed by atoms with Crippen LogP contribution in [0.25, 0.3) is 0 Å². The van der Waals surface area contributed by atoms with E-state index in [4.69, 9.17) is 9.47 Å². The predicted octanol–water partition coefficient (Wildman–Crippen LogP) is 2.24. The number of fused-ring (bicyclic) bond motifs is 1. The van der Waals surface area contributed by atoms with E-state index in [0.717, 1.165) is 58.0 Å². The number of methoxy groups -OCH3 is 1. The van der Waals surface area contributed by atoms with Gasteiger partial charge in [0.2, 0.25) is 0 Å². The van der Waals surface area contributed by atoms with Crippen LogP contribution in [0.5, 0.6) is 0 Å². The maximum absolute atomic E-state index is 5.77. The molecule has 0 spiro atoms. The Balaban J connectivity index is 1.41. The van der Waals surface area contributed by atoms with Gasteiger partial charge < -0.3 is 9.47 Å². The highest BCUT2D eigenvalue weighted by Crippen LogP contribution is 2.48. The zero-order valence-electron chi connectivity index (χ0n) is 17.1. The molecule has 3 heterocycles. The molecule has 2 saturated heterocycles. The second-order valence-corrected chi connectivity index (χ2v) is 8.77. The summed E-state index contributed by atoms with van der Waals surface area (Å²) in [6.45, 7) is 11.4. The van der Waals surface area contributed by atoms with Crippen molar-refractivity contribution in [3.8, 4) is 0 Å². The summed E-state index contributed by atoms with van der Waals surface area (Å²) < 4.78 is 13.4. The molecule has 6 nitrogen and oxygen atoms in total. The molecule has 1 aliphatic carbocycles. The smallest absolute Gasteiger partial charge is 0.0594 e. The maximum atomic E-state index is 5.77. The zero-order chi connectivity index (χ0) is 18.7. The van der Waals surface area contributed by atoms with Crippen LogP contribution < -0.4 is 0 Å². The van der Waals surface area contributed by atoms with Gasteiger partial charge in [0.05, 0.1) is 26.0 Å². The minimum absolute atomic E-state index is 0.330. The Labute approximate surface area is 163 Å². The van der Waals surface area contributed by atoms with E-state index in [0.29, 0.717) is 5.41 Å². The van der Waals surface area contributed by atoms with Gasteiger partial charge in [-0.25, -0.2) is 0 Å². The van der Waals surface area contributed by atoms with Gasteiger partial charge in [-0.05, 0) is 45.1 Å². The molecule has 0 unspecified atom stereocenters. The fourth-order valence-corrected chi connectivity index (χ4v) is 5.70. The standard InChI is InChI=1S/C21H36N4O2/c1-3-25-15-18(13-22-25)14-23-7-5-19-12-20(24-8-10-27-11-9-24)4-6-21(19,16-23)17-26-2/h13,15,19-20H,3-12,14,16-17H2,1-2H3/t19-,20-,21+/m1/s1. The lowest BCUT2D eigenvalue weighted by Gasteiger charge is -2.54. The minimum Gasteiger partial charge on any atom is -0.384 e. The summed E-state index contributed by atoms with van der Waals surface area (Å²) in [7, 11) is 1.88. The lowest BCUT2D eigenvalue weighted by molar-refractivity contribution is -0.0870. The van der Waals surface area contributed by atoms with Crippen LogP contribution in [0, 0.1) is 11.3 Å². The summed E-state index contributed by atoms with van der Waals surface area (Å²) in [6.07, 6.45) is 9.47. The van der Waals surface area contributed by atoms with Crippen LogP contribution in [0.2, 0.25) is 0 Å². The van der Waals surface area contributed by atoms with Crippen LogP contribution in [0.1, 0.15) is 38.2 Å². The Morgan fingerprint density at radius 3 is 2.85 bits per heavy atom. The Morgan fingerprint density at radius 1 is 1.26 bits per heavy atom. The van der Waals surface area contributed by atoms with Crippen molar-refractivity contribution >= 4 is 0 Å². The highest BCUT2D eigenvalue weighted by molar-refractivity contribution is 5.06. The molecular weight excluding hydrogens is 340 g/mol. The molecule has 3 atom stereocenters. The summed E-state index contributed by atoms with van der Waals surface area (Å²) in [5, 5.41) is 4.45. The normalized spacial score (nSPS) is 33.1. The SMILES string of the molecule is CCn1cc(CN2CC[C@@H]3C[C@H](N4CCOCC4)CC[C@@]3(COC)C2)cn1. The van der Waals surface area contributed by atoms with Gasteiger partial charge in [-0.15, -0.1) is 0 Å². The summed E-state index contributed by atoms with van der Waals surface area (Å²) in [5.41, 5.74) is 1.67. The van der Waals surface area contributed by atoms with Gasteiger partial charge in [0, 0.05) is 63.1 Å². The average Bonchev–Trinajstić information content (AvgIpc) is 3.16. The Bertz CT molecular complexity index is 601. The van der Waals surface area contributed by atoms with Gasteiger partial charge in [-0.2, -0.15) is 5.10 Å². The van der Waals surface area contributed by atoms with Gasteiger partial charge in [0.25, 0.3) is 0 Å². The molecule has 1 saturated carbocycles. The number of morpholine rings is 1. The number of hydrogen-bond donors (Lipinski definition) is 0. The molecule has 0 amide bonds. The summed E-state index contributed by atoms with van der Waals surface area (Å²) >= 11 is 0. The summed E-state index contributed by atoms with van der Waals surface area (Å²) in [4.78, 5) is 5.33. The molecular formula is C21H36N4O2. The van der Waals surface area contributed by atoms with Crippen LogP contribution in [-0.2, 0) is 22.6 Å². The van der Waals surface area contributed by atoms with Crippen LogP contribution in [0.3, 0.4) is 0 Å². The van der Waals surface area contributed by atoms with E-state index in [2.05, 4.69) is 28.0 Å². The molecule has 0 N–H and O–H groups in total. The number of aryl methyl sites for hydroxylation is 1. The van der Waals surface area contributed by atoms with Gasteiger partial charge in [0.15, 0.2) is 0 Å². The minimum atomic E-state index is 0.330. The van der Waals surface area contributed by atoms with Gasteiger partial charge in [0.1, 0.15) is 0 Å². The fraction of sp³-hybridized carbons (Fsp3) is 0.857. The van der Waals surface area contributed by atoms with Crippen molar-refractivity contribution in [1.29, 1.82) is 0 Å². The first-order valence-corrected chi connectivity index (χ1v) is 10.8. The van der Waals surface area contributed by atoms with Crippen molar-refractivity contribution in [2.24, 2.45) is 11.3 Å². The van der Waals surface area contributed by atoms with E-state index in [-0.39, 0.29) is 0 Å². The molecule has 0 bridgehead atoms. The fourth-order valence-electron chi connectivity index (χ4n) is 5.70. The Hall–Kier alpha value is -0.950. The summed E-state index contributed by atoms with van der Waals surface area (Å²) in [5.74, 6) is 0.786. The molecule has 3 aliphatic rings. The third-order valence-corrected chi connectivity index (χ3v) is 7.14. The second-order valence-electron chi connectivity index (χ2n) is 8.77. The largest absolute Gasteiger partial charge is 0.384 e. The van der Waals surface area contributed by atoms with Crippen molar-refractivity contribution in [2.75, 3.05) is 53.1 Å². The lowest BCUT2D eigenvalue weighted by atomic mass is 9.62. The molecule has 3 fully saturated rings. The van der Waals surface area contributed by atoms with Crippen LogP contribution in [-0.4, -0.2) is 78.7 Å². The van der Waals surface area contributed by atoms with Crippen LogP contribution >= 0.6 is 0 Å². The Kier molecular flexibility index (Phi) is 6.17. The quantitative estimate of drug-likeness (QED) is 0.762. The van der Waals surface area contributed by atoms with Crippen molar-refractivity contribution in [3.05, 3.63) is 18.0 Å². The van der Waals surface area contributed by atoms with Gasteiger partial charge >= 0.3 is 0 Å². The number of rotatable bonds is 6. The lowest BCUT2D eigenvalue weighted by Crippen LogP contribution is -2.56. The van der Waals surface area contributed by atoms with E-state index >= 15 is 0 Å². The highest BCUT2D eigenvalue weighted by atomic mass is 16.5. The number of aromatic nitrogens is 2. The molecule has 2 aliphatic heterocycles. The van der Waals surface area contributed by atoms with E-state index in [1.54, 1.807) is 0 Å². The van der Waals surface area contributed by atoms with E-state index in [1.807, 2.05) is 18.0 Å². The number of piperidine rings is 1. The third-order valence-electron chi connectivity index (χ3n) is 7.14. The molecule has 152 valence electrons. The van der Waals surface area contributed by atoms with Crippen molar-refractivity contribution in [3.63, 3.8) is 0 Å². The molecule has 4 rings (SSSR count). The highest BCUT2D eigenvalue weighted by Gasteiger charge is 2.47. The van der Waals surface area contributed by atoms with Gasteiger partial charge in [-0.3, -0.25) is 14.5 Å².